The third-order valence-corrected chi connectivity index (χ3v) is 4.81. The average Bonchev–Trinajstić information content (AvgIpc) is 3.15. The van der Waals surface area contributed by atoms with Gasteiger partial charge in [-0.25, -0.2) is 0 Å². The number of imide groups is 1. The molecule has 1 aromatic heterocycles. The highest BCUT2D eigenvalue weighted by atomic mass is 35.5. The molecule has 26 heavy (non-hydrogen) atoms. The van der Waals surface area contributed by atoms with Gasteiger partial charge in [-0.15, -0.1) is 0 Å². The Morgan fingerprint density at radius 1 is 1.00 bits per heavy atom. The molecule has 2 aromatic carbocycles. The first-order valence-electron chi connectivity index (χ1n) is 8.16. The van der Waals surface area contributed by atoms with Gasteiger partial charge in [0.1, 0.15) is 0 Å². The lowest BCUT2D eigenvalue weighted by Crippen LogP contribution is -2.33. The average molecular weight is 367 g/mol. The molecule has 3 aromatic rings. The molecule has 0 saturated carbocycles. The van der Waals surface area contributed by atoms with Gasteiger partial charge >= 0.3 is 0 Å². The highest BCUT2D eigenvalue weighted by Crippen LogP contribution is 2.29. The summed E-state index contributed by atoms with van der Waals surface area (Å²) in [5.74, 6) is -1.68. The number of nitrogens with one attached hydrogen (secondary N) is 1. The van der Waals surface area contributed by atoms with Crippen molar-refractivity contribution >= 4 is 39.9 Å². The van der Waals surface area contributed by atoms with Gasteiger partial charge in [-0.05, 0) is 35.7 Å². The molecule has 2 N–H and O–H groups in total. The highest BCUT2D eigenvalue weighted by Gasteiger charge is 2.38. The van der Waals surface area contributed by atoms with Crippen LogP contribution in [0.15, 0.2) is 60.5 Å². The summed E-state index contributed by atoms with van der Waals surface area (Å²) in [5, 5.41) is 11.8. The number of aliphatic hydroxyl groups excluding tert-OH is 1. The topological polar surface area (TPSA) is 73.4 Å². The summed E-state index contributed by atoms with van der Waals surface area (Å²) >= 11 is 5.86. The normalized spacial score (nSPS) is 14.7. The Kier molecular flexibility index (Phi) is 4.01. The Bertz CT molecular complexity index is 1050. The number of aromatic nitrogens is 1. The molecule has 1 aliphatic heterocycles. The van der Waals surface area contributed by atoms with Crippen LogP contribution < -0.4 is 0 Å². The van der Waals surface area contributed by atoms with Crippen LogP contribution in [-0.4, -0.2) is 33.3 Å². The molecule has 130 valence electrons. The first kappa shape index (κ1) is 16.4. The fourth-order valence-electron chi connectivity index (χ4n) is 3.21. The quantitative estimate of drug-likeness (QED) is 0.691. The van der Waals surface area contributed by atoms with Crippen molar-refractivity contribution in [3.05, 3.63) is 76.6 Å². The van der Waals surface area contributed by atoms with Crippen molar-refractivity contribution in [1.82, 2.24) is 9.88 Å². The van der Waals surface area contributed by atoms with E-state index in [0.29, 0.717) is 17.0 Å². The summed E-state index contributed by atoms with van der Waals surface area (Å²) in [6.07, 6.45) is 2.38. The van der Waals surface area contributed by atoms with Crippen molar-refractivity contribution in [3.8, 4) is 0 Å². The number of aliphatic hydroxyl groups is 1. The zero-order chi connectivity index (χ0) is 18.3. The van der Waals surface area contributed by atoms with Gasteiger partial charge in [0.2, 0.25) is 0 Å². The Hall–Kier alpha value is -3.05. The number of fused-ring (bicyclic) bond motifs is 1. The predicted molar refractivity (Wildman–Crippen MR) is 99.7 cm³/mol. The number of hydrogen-bond acceptors (Lipinski definition) is 3. The number of carbonyl (C=O) groups is 2. The van der Waals surface area contributed by atoms with Crippen molar-refractivity contribution in [2.75, 3.05) is 6.54 Å². The molecule has 0 unspecified atom stereocenters. The van der Waals surface area contributed by atoms with Crippen LogP contribution in [0.5, 0.6) is 0 Å². The molecule has 0 spiro atoms. The van der Waals surface area contributed by atoms with Gasteiger partial charge in [0.25, 0.3) is 11.8 Å². The molecule has 0 saturated heterocycles. The lowest BCUT2D eigenvalue weighted by Gasteiger charge is -2.14. The SMILES string of the molecule is O=C1C(O)=C(c2ccc(Cl)cc2)C(=O)N1CCc1c[nH]c2ccccc12. The van der Waals surface area contributed by atoms with Crippen molar-refractivity contribution in [1.29, 1.82) is 0 Å². The van der Waals surface area contributed by atoms with E-state index in [-0.39, 0.29) is 12.1 Å². The molecule has 0 radical (unpaired) electrons. The number of benzene rings is 2. The molecule has 6 heteroatoms. The summed E-state index contributed by atoms with van der Waals surface area (Å²) in [6.45, 7) is 0.195. The van der Waals surface area contributed by atoms with E-state index in [9.17, 15) is 14.7 Å². The Balaban J connectivity index is 1.56. The molecular formula is C20H15ClN2O3. The van der Waals surface area contributed by atoms with E-state index in [0.717, 1.165) is 21.4 Å². The van der Waals surface area contributed by atoms with E-state index in [4.69, 9.17) is 11.6 Å². The summed E-state index contributed by atoms with van der Waals surface area (Å²) in [4.78, 5) is 29.3. The fraction of sp³-hybridized carbons (Fsp3) is 0.100. The molecule has 0 fully saturated rings. The number of nitrogens with zero attached hydrogens (tertiary/aromatic N) is 1. The molecule has 2 heterocycles. The van der Waals surface area contributed by atoms with Crippen LogP contribution in [0.3, 0.4) is 0 Å². The largest absolute Gasteiger partial charge is 0.502 e. The molecule has 5 nitrogen and oxygen atoms in total. The molecule has 1 aliphatic rings. The maximum atomic E-state index is 12.7. The minimum Gasteiger partial charge on any atom is -0.502 e. The number of para-hydroxylation sites is 1. The monoisotopic (exact) mass is 366 g/mol. The highest BCUT2D eigenvalue weighted by molar-refractivity contribution is 6.35. The van der Waals surface area contributed by atoms with Gasteiger partial charge in [-0.3, -0.25) is 14.5 Å². The lowest BCUT2D eigenvalue weighted by molar-refractivity contribution is -0.138. The van der Waals surface area contributed by atoms with Crippen LogP contribution in [0.25, 0.3) is 16.5 Å². The number of hydrogen-bond donors (Lipinski definition) is 2. The standard InChI is InChI=1S/C20H15ClN2O3/c21-14-7-5-12(6-8-14)17-18(24)20(26)23(19(17)25)10-9-13-11-22-16-4-2-1-3-15(13)16/h1-8,11,22,24H,9-10H2. The van der Waals surface area contributed by atoms with E-state index in [2.05, 4.69) is 4.98 Å². The third-order valence-electron chi connectivity index (χ3n) is 4.56. The van der Waals surface area contributed by atoms with Crippen molar-refractivity contribution in [2.24, 2.45) is 0 Å². The van der Waals surface area contributed by atoms with Crippen LogP contribution in [0, 0.1) is 0 Å². The molecule has 4 rings (SSSR count). The van der Waals surface area contributed by atoms with Crippen LogP contribution in [0.1, 0.15) is 11.1 Å². The van der Waals surface area contributed by atoms with Crippen molar-refractivity contribution in [2.45, 2.75) is 6.42 Å². The number of H-pyrrole nitrogens is 1. The second-order valence-corrected chi connectivity index (χ2v) is 6.54. The summed E-state index contributed by atoms with van der Waals surface area (Å²) in [7, 11) is 0. The second kappa shape index (κ2) is 6.35. The zero-order valence-electron chi connectivity index (χ0n) is 13.7. The minimum absolute atomic E-state index is 0.0191. The third kappa shape index (κ3) is 2.66. The predicted octanol–water partition coefficient (Wildman–Crippen LogP) is 3.70. The zero-order valence-corrected chi connectivity index (χ0v) is 14.5. The first-order chi connectivity index (χ1) is 12.6. The minimum atomic E-state index is -0.667. The molecular weight excluding hydrogens is 352 g/mol. The maximum Gasteiger partial charge on any atom is 0.296 e. The van der Waals surface area contributed by atoms with Crippen LogP contribution in [0.2, 0.25) is 5.02 Å². The van der Waals surface area contributed by atoms with Gasteiger partial charge in [0.15, 0.2) is 5.76 Å². The van der Waals surface area contributed by atoms with E-state index in [1.165, 1.54) is 0 Å². The number of aromatic amines is 1. The van der Waals surface area contributed by atoms with Gasteiger partial charge < -0.3 is 10.1 Å². The fourth-order valence-corrected chi connectivity index (χ4v) is 3.34. The lowest BCUT2D eigenvalue weighted by atomic mass is 10.1. The Morgan fingerprint density at radius 3 is 2.50 bits per heavy atom. The van der Waals surface area contributed by atoms with Crippen LogP contribution >= 0.6 is 11.6 Å². The summed E-state index contributed by atoms with van der Waals surface area (Å²) < 4.78 is 0. The number of halogens is 1. The Labute approximate surface area is 154 Å². The summed E-state index contributed by atoms with van der Waals surface area (Å²) in [5.41, 5.74) is 2.51. The van der Waals surface area contributed by atoms with Crippen LogP contribution in [0.4, 0.5) is 0 Å². The van der Waals surface area contributed by atoms with Gasteiger partial charge in [-0.1, -0.05) is 41.9 Å². The van der Waals surface area contributed by atoms with Crippen molar-refractivity contribution < 1.29 is 14.7 Å². The Morgan fingerprint density at radius 2 is 1.73 bits per heavy atom. The molecule has 0 aliphatic carbocycles. The molecule has 2 amide bonds. The van der Waals surface area contributed by atoms with Crippen molar-refractivity contribution in [3.63, 3.8) is 0 Å². The molecule has 0 atom stereocenters. The van der Waals surface area contributed by atoms with Gasteiger partial charge in [0, 0.05) is 28.7 Å². The number of carbonyl (C=O) groups excluding carboxylic acids is 2. The second-order valence-electron chi connectivity index (χ2n) is 6.10. The summed E-state index contributed by atoms with van der Waals surface area (Å²) in [6, 6.07) is 14.3. The van der Waals surface area contributed by atoms with Gasteiger partial charge in [-0.2, -0.15) is 0 Å². The van der Waals surface area contributed by atoms with E-state index >= 15 is 0 Å². The van der Waals surface area contributed by atoms with E-state index < -0.39 is 17.6 Å². The van der Waals surface area contributed by atoms with Crippen LogP contribution in [-0.2, 0) is 16.0 Å². The molecule has 0 bridgehead atoms. The first-order valence-corrected chi connectivity index (χ1v) is 8.54. The maximum absolute atomic E-state index is 12.7. The van der Waals surface area contributed by atoms with E-state index in [1.807, 2.05) is 30.5 Å². The smallest absolute Gasteiger partial charge is 0.296 e. The number of amides is 2. The van der Waals surface area contributed by atoms with Gasteiger partial charge in [0.05, 0.1) is 5.57 Å². The van der Waals surface area contributed by atoms with E-state index in [1.54, 1.807) is 24.3 Å². The number of rotatable bonds is 4.